The molecule has 0 N–H and O–H groups in total. The van der Waals surface area contributed by atoms with Gasteiger partial charge in [-0.2, -0.15) is 0 Å². The number of nitrogens with zero attached hydrogens (tertiary/aromatic N) is 1. The Morgan fingerprint density at radius 3 is 1.84 bits per heavy atom. The second-order valence-electron chi connectivity index (χ2n) is 7.84. The van der Waals surface area contributed by atoms with E-state index in [1.54, 1.807) is 7.11 Å². The van der Waals surface area contributed by atoms with Gasteiger partial charge in [0.1, 0.15) is 11.5 Å². The van der Waals surface area contributed by atoms with Crippen LogP contribution >= 0.6 is 0 Å². The first-order valence-corrected chi connectivity index (χ1v) is 11.1. The zero-order valence-electron chi connectivity index (χ0n) is 18.9. The first-order chi connectivity index (χ1) is 15.6. The summed E-state index contributed by atoms with van der Waals surface area (Å²) in [7, 11) is 1.70. The van der Waals surface area contributed by atoms with Gasteiger partial charge < -0.3 is 9.47 Å². The maximum Gasteiger partial charge on any atom is 0.325 e. The van der Waals surface area contributed by atoms with E-state index in [9.17, 15) is 4.79 Å². The van der Waals surface area contributed by atoms with Crippen LogP contribution in [0.15, 0.2) is 72.8 Å². The van der Waals surface area contributed by atoms with Crippen LogP contribution in [0.4, 0.5) is 0 Å². The van der Waals surface area contributed by atoms with E-state index in [1.165, 1.54) is 0 Å². The molecule has 0 bridgehead atoms. The molecule has 0 amide bonds. The molecule has 4 nitrogen and oxygen atoms in total. The van der Waals surface area contributed by atoms with Gasteiger partial charge in [0.15, 0.2) is 0 Å². The molecule has 0 atom stereocenters. The Morgan fingerprint density at radius 1 is 0.750 bits per heavy atom. The molecule has 0 aliphatic heterocycles. The molecule has 0 aromatic heterocycles. The van der Waals surface area contributed by atoms with Gasteiger partial charge in [-0.1, -0.05) is 74.5 Å². The Labute approximate surface area is 189 Å². The average molecular weight is 428 g/mol. The second-order valence-corrected chi connectivity index (χ2v) is 7.84. The number of carbonyl (C=O) groups is 1. The molecule has 4 aromatic rings. The van der Waals surface area contributed by atoms with Gasteiger partial charge in [0.25, 0.3) is 0 Å². The molecule has 0 spiro atoms. The summed E-state index contributed by atoms with van der Waals surface area (Å²) in [4.78, 5) is 14.8. The van der Waals surface area contributed by atoms with E-state index in [4.69, 9.17) is 9.47 Å². The Kier molecular flexibility index (Phi) is 6.72. The minimum absolute atomic E-state index is 0.241. The van der Waals surface area contributed by atoms with Crippen LogP contribution in [-0.4, -0.2) is 37.6 Å². The van der Waals surface area contributed by atoms with Crippen molar-refractivity contribution in [1.29, 1.82) is 0 Å². The van der Waals surface area contributed by atoms with Crippen LogP contribution in [0.3, 0.4) is 0 Å². The van der Waals surface area contributed by atoms with Gasteiger partial charge in [-0.05, 0) is 46.8 Å². The number of hydrogen-bond acceptors (Lipinski definition) is 4. The summed E-state index contributed by atoms with van der Waals surface area (Å²) >= 11 is 0. The van der Waals surface area contributed by atoms with Crippen molar-refractivity contribution < 1.29 is 14.3 Å². The molecule has 0 aliphatic rings. The third-order valence-corrected chi connectivity index (χ3v) is 6.04. The van der Waals surface area contributed by atoms with Crippen molar-refractivity contribution in [3.8, 4) is 11.5 Å². The summed E-state index contributed by atoms with van der Waals surface area (Å²) in [5, 5.41) is 4.49. The van der Waals surface area contributed by atoms with E-state index in [0.29, 0.717) is 12.2 Å². The number of rotatable bonds is 8. The number of fused-ring (bicyclic) bond motifs is 2. The van der Waals surface area contributed by atoms with Crippen molar-refractivity contribution in [2.75, 3.05) is 26.7 Å². The monoisotopic (exact) mass is 427 g/mol. The molecular formula is C28H29NO3. The number of likely N-dealkylation sites (N-methyl/N-ethyl adjacent to an activating group) is 1. The third kappa shape index (κ3) is 4.46. The van der Waals surface area contributed by atoms with E-state index >= 15 is 0 Å². The summed E-state index contributed by atoms with van der Waals surface area (Å²) < 4.78 is 11.7. The molecule has 164 valence electrons. The molecule has 0 saturated heterocycles. The number of benzene rings is 4. The van der Waals surface area contributed by atoms with Gasteiger partial charge in [-0.25, -0.2) is 0 Å². The molecule has 0 fully saturated rings. The first-order valence-electron chi connectivity index (χ1n) is 11.1. The molecule has 0 saturated carbocycles. The van der Waals surface area contributed by atoms with Crippen LogP contribution in [-0.2, 0) is 11.2 Å². The van der Waals surface area contributed by atoms with Gasteiger partial charge >= 0.3 is 5.97 Å². The van der Waals surface area contributed by atoms with Crippen molar-refractivity contribution in [3.63, 3.8) is 0 Å². The number of methoxy groups -OCH3 is 1. The molecule has 4 rings (SSSR count). The lowest BCUT2D eigenvalue weighted by Crippen LogP contribution is -2.32. The largest absolute Gasteiger partial charge is 0.496 e. The first kappa shape index (κ1) is 21.8. The van der Waals surface area contributed by atoms with Crippen molar-refractivity contribution in [1.82, 2.24) is 4.90 Å². The SMILES string of the molecule is CCN(CC)CC(=O)Oc1ccc2ccccc2c1Cc1c(OC)ccc2ccccc12. The molecule has 32 heavy (non-hydrogen) atoms. The highest BCUT2D eigenvalue weighted by Crippen LogP contribution is 2.36. The van der Waals surface area contributed by atoms with Gasteiger partial charge in [-0.15, -0.1) is 0 Å². The fourth-order valence-corrected chi connectivity index (χ4v) is 4.24. The normalized spacial score (nSPS) is 11.2. The summed E-state index contributed by atoms with van der Waals surface area (Å²) in [6, 6.07) is 24.5. The molecule has 4 aromatic carbocycles. The minimum Gasteiger partial charge on any atom is -0.496 e. The van der Waals surface area contributed by atoms with Crippen molar-refractivity contribution >= 4 is 27.5 Å². The number of carbonyl (C=O) groups excluding carboxylic acids is 1. The van der Waals surface area contributed by atoms with Crippen molar-refractivity contribution in [3.05, 3.63) is 83.9 Å². The quantitative estimate of drug-likeness (QED) is 0.262. The van der Waals surface area contributed by atoms with E-state index in [0.717, 1.165) is 51.5 Å². The lowest BCUT2D eigenvalue weighted by atomic mass is 9.93. The van der Waals surface area contributed by atoms with Crippen LogP contribution in [0.1, 0.15) is 25.0 Å². The van der Waals surface area contributed by atoms with E-state index in [2.05, 4.69) is 35.2 Å². The zero-order chi connectivity index (χ0) is 22.5. The van der Waals surface area contributed by atoms with E-state index in [1.807, 2.05) is 56.3 Å². The molecular weight excluding hydrogens is 398 g/mol. The van der Waals surface area contributed by atoms with Gasteiger partial charge in [0.05, 0.1) is 13.7 Å². The lowest BCUT2D eigenvalue weighted by Gasteiger charge is -2.19. The van der Waals surface area contributed by atoms with Crippen molar-refractivity contribution in [2.24, 2.45) is 0 Å². The second kappa shape index (κ2) is 9.84. The van der Waals surface area contributed by atoms with E-state index in [-0.39, 0.29) is 12.5 Å². The highest BCUT2D eigenvalue weighted by Gasteiger charge is 2.18. The fourth-order valence-electron chi connectivity index (χ4n) is 4.24. The Morgan fingerprint density at radius 2 is 1.28 bits per heavy atom. The van der Waals surface area contributed by atoms with Crippen LogP contribution in [0, 0.1) is 0 Å². The maximum absolute atomic E-state index is 12.7. The maximum atomic E-state index is 12.7. The third-order valence-electron chi connectivity index (χ3n) is 6.04. The summed E-state index contributed by atoms with van der Waals surface area (Å²) in [5.74, 6) is 1.20. The zero-order valence-corrected chi connectivity index (χ0v) is 18.9. The van der Waals surface area contributed by atoms with Crippen molar-refractivity contribution in [2.45, 2.75) is 20.3 Å². The van der Waals surface area contributed by atoms with Crippen LogP contribution in [0.5, 0.6) is 11.5 Å². The topological polar surface area (TPSA) is 38.8 Å². The van der Waals surface area contributed by atoms with E-state index < -0.39 is 0 Å². The van der Waals surface area contributed by atoms with Gasteiger partial charge in [0, 0.05) is 17.5 Å². The smallest absolute Gasteiger partial charge is 0.325 e. The highest BCUT2D eigenvalue weighted by molar-refractivity contribution is 5.92. The van der Waals surface area contributed by atoms with Gasteiger partial charge in [-0.3, -0.25) is 9.69 Å². The molecule has 4 heteroatoms. The highest BCUT2D eigenvalue weighted by atomic mass is 16.5. The molecule has 0 radical (unpaired) electrons. The Hall–Kier alpha value is -3.37. The minimum atomic E-state index is -0.241. The number of hydrogen-bond donors (Lipinski definition) is 0. The van der Waals surface area contributed by atoms with Crippen LogP contribution in [0.25, 0.3) is 21.5 Å². The number of ether oxygens (including phenoxy) is 2. The summed E-state index contributed by atoms with van der Waals surface area (Å²) in [6.45, 7) is 5.99. The lowest BCUT2D eigenvalue weighted by molar-refractivity contribution is -0.135. The van der Waals surface area contributed by atoms with Crippen LogP contribution < -0.4 is 9.47 Å². The molecule has 0 heterocycles. The summed E-state index contributed by atoms with van der Waals surface area (Å²) in [5.41, 5.74) is 2.08. The Bertz CT molecular complexity index is 1240. The fraction of sp³-hybridized carbons (Fsp3) is 0.250. The number of esters is 1. The Balaban J connectivity index is 1.81. The molecule has 0 aliphatic carbocycles. The van der Waals surface area contributed by atoms with Gasteiger partial charge in [0.2, 0.25) is 0 Å². The molecule has 0 unspecified atom stereocenters. The van der Waals surface area contributed by atoms with Crippen LogP contribution in [0.2, 0.25) is 0 Å². The average Bonchev–Trinajstić information content (AvgIpc) is 2.84. The standard InChI is InChI=1S/C28H29NO3/c1-4-29(5-2)19-28(30)32-27-17-15-21-11-7-9-13-23(21)25(27)18-24-22-12-8-6-10-20(22)14-16-26(24)31-3/h6-17H,4-5,18-19H2,1-3H3. The predicted octanol–water partition coefficient (Wildman–Crippen LogP) is 5.84. The predicted molar refractivity (Wildman–Crippen MR) is 131 cm³/mol. The summed E-state index contributed by atoms with van der Waals surface area (Å²) in [6.07, 6.45) is 0.597.